The first-order valence-electron chi connectivity index (χ1n) is 8.13. The maximum atomic E-state index is 13.0. The molecule has 2 aromatic rings. The number of amides is 1. The van der Waals surface area contributed by atoms with Crippen molar-refractivity contribution in [3.63, 3.8) is 0 Å². The van der Waals surface area contributed by atoms with Gasteiger partial charge in [-0.2, -0.15) is 0 Å². The highest BCUT2D eigenvalue weighted by Crippen LogP contribution is 2.40. The van der Waals surface area contributed by atoms with Crippen molar-refractivity contribution in [1.29, 1.82) is 0 Å². The van der Waals surface area contributed by atoms with Crippen LogP contribution in [0.5, 0.6) is 5.75 Å². The lowest BCUT2D eigenvalue weighted by molar-refractivity contribution is -0.129. The molecular formula is C20H21NO3. The van der Waals surface area contributed by atoms with E-state index >= 15 is 0 Å². The summed E-state index contributed by atoms with van der Waals surface area (Å²) in [6, 6.07) is 17.1. The summed E-state index contributed by atoms with van der Waals surface area (Å²) in [5.41, 5.74) is 1.56. The highest BCUT2D eigenvalue weighted by molar-refractivity contribution is 6.01. The smallest absolute Gasteiger partial charge is 0.222 e. The van der Waals surface area contributed by atoms with Gasteiger partial charge in [0.05, 0.1) is 11.5 Å². The van der Waals surface area contributed by atoms with Crippen LogP contribution in [0.3, 0.4) is 0 Å². The van der Waals surface area contributed by atoms with Crippen molar-refractivity contribution >= 4 is 11.7 Å². The molecule has 2 aromatic carbocycles. The molecule has 0 saturated carbocycles. The Kier molecular flexibility index (Phi) is 4.65. The van der Waals surface area contributed by atoms with Crippen LogP contribution in [0.15, 0.2) is 54.6 Å². The summed E-state index contributed by atoms with van der Waals surface area (Å²) in [4.78, 5) is 26.5. The molecule has 0 radical (unpaired) electrons. The van der Waals surface area contributed by atoms with E-state index in [1.54, 1.807) is 25.1 Å². The Morgan fingerprint density at radius 3 is 2.42 bits per heavy atom. The van der Waals surface area contributed by atoms with Crippen molar-refractivity contribution in [2.45, 2.75) is 18.9 Å². The van der Waals surface area contributed by atoms with Crippen molar-refractivity contribution in [2.75, 3.05) is 14.1 Å². The molecule has 2 atom stereocenters. The van der Waals surface area contributed by atoms with Crippen LogP contribution in [0.1, 0.15) is 34.9 Å². The fourth-order valence-electron chi connectivity index (χ4n) is 3.06. The average molecular weight is 323 g/mol. The van der Waals surface area contributed by atoms with E-state index in [4.69, 9.17) is 4.74 Å². The zero-order valence-electron chi connectivity index (χ0n) is 13.9. The van der Waals surface area contributed by atoms with Gasteiger partial charge in [-0.1, -0.05) is 42.5 Å². The number of rotatable bonds is 4. The number of ether oxygens (including phenoxy) is 1. The molecule has 1 aliphatic heterocycles. The van der Waals surface area contributed by atoms with Crippen LogP contribution in [-0.4, -0.2) is 30.7 Å². The standard InChI is InChI=1S/C20H21NO3/c1-21(2)18(22)13-12-16-19(23)15-10-6-7-11-17(15)24-20(16)14-8-4-3-5-9-14/h3-11,16,20H,12-13H2,1-2H3. The first kappa shape index (κ1) is 16.2. The summed E-state index contributed by atoms with van der Waals surface area (Å²) >= 11 is 0. The van der Waals surface area contributed by atoms with Crippen molar-refractivity contribution in [2.24, 2.45) is 5.92 Å². The molecule has 0 saturated heterocycles. The average Bonchev–Trinajstić information content (AvgIpc) is 2.61. The zero-order valence-corrected chi connectivity index (χ0v) is 13.9. The molecule has 0 fully saturated rings. The van der Waals surface area contributed by atoms with Crippen LogP contribution in [0, 0.1) is 5.92 Å². The molecule has 4 nitrogen and oxygen atoms in total. The molecule has 0 spiro atoms. The predicted octanol–water partition coefficient (Wildman–Crippen LogP) is 3.49. The fraction of sp³-hybridized carbons (Fsp3) is 0.300. The van der Waals surface area contributed by atoms with Crippen molar-refractivity contribution in [1.82, 2.24) is 4.90 Å². The van der Waals surface area contributed by atoms with Crippen LogP contribution in [-0.2, 0) is 4.79 Å². The van der Waals surface area contributed by atoms with Gasteiger partial charge in [0, 0.05) is 20.5 Å². The molecule has 3 rings (SSSR count). The largest absolute Gasteiger partial charge is 0.484 e. The number of para-hydroxylation sites is 1. The number of ketones is 1. The molecule has 4 heteroatoms. The number of nitrogens with zero attached hydrogens (tertiary/aromatic N) is 1. The van der Waals surface area contributed by atoms with Crippen LogP contribution < -0.4 is 4.74 Å². The molecule has 0 bridgehead atoms. The molecule has 124 valence electrons. The first-order chi connectivity index (χ1) is 11.6. The number of fused-ring (bicyclic) bond motifs is 1. The number of carbonyl (C=O) groups is 2. The lowest BCUT2D eigenvalue weighted by Gasteiger charge is -2.33. The zero-order chi connectivity index (χ0) is 17.1. The molecule has 1 aliphatic rings. The summed E-state index contributed by atoms with van der Waals surface area (Å²) in [5, 5.41) is 0. The van der Waals surface area contributed by atoms with Gasteiger partial charge in [0.15, 0.2) is 5.78 Å². The summed E-state index contributed by atoms with van der Waals surface area (Å²) in [6.45, 7) is 0. The monoisotopic (exact) mass is 323 g/mol. The van der Waals surface area contributed by atoms with E-state index in [1.807, 2.05) is 48.5 Å². The highest BCUT2D eigenvalue weighted by atomic mass is 16.5. The summed E-state index contributed by atoms with van der Waals surface area (Å²) in [7, 11) is 3.46. The van der Waals surface area contributed by atoms with E-state index < -0.39 is 0 Å². The molecule has 1 amide bonds. The minimum atomic E-state index is -0.358. The van der Waals surface area contributed by atoms with Crippen molar-refractivity contribution in [3.05, 3.63) is 65.7 Å². The third kappa shape index (κ3) is 3.18. The summed E-state index contributed by atoms with van der Waals surface area (Å²) < 4.78 is 6.15. The lowest BCUT2D eigenvalue weighted by atomic mass is 9.82. The second-order valence-corrected chi connectivity index (χ2v) is 6.24. The molecule has 2 unspecified atom stereocenters. The van der Waals surface area contributed by atoms with E-state index in [0.29, 0.717) is 24.2 Å². The molecule has 1 heterocycles. The minimum Gasteiger partial charge on any atom is -0.484 e. The second kappa shape index (κ2) is 6.87. The number of Topliss-reactive ketones (excluding diaryl/α,β-unsaturated/α-hetero) is 1. The summed E-state index contributed by atoms with van der Waals surface area (Å²) in [6.07, 6.45) is 0.450. The normalized spacial score (nSPS) is 19.3. The van der Waals surface area contributed by atoms with Crippen LogP contribution in [0.25, 0.3) is 0 Å². The Balaban J connectivity index is 1.92. The number of hydrogen-bond donors (Lipinski definition) is 0. The fourth-order valence-corrected chi connectivity index (χ4v) is 3.06. The Morgan fingerprint density at radius 1 is 1.04 bits per heavy atom. The van der Waals surface area contributed by atoms with E-state index in [-0.39, 0.29) is 23.7 Å². The van der Waals surface area contributed by atoms with Gasteiger partial charge in [-0.05, 0) is 24.1 Å². The van der Waals surface area contributed by atoms with E-state index in [2.05, 4.69) is 0 Å². The van der Waals surface area contributed by atoms with Gasteiger partial charge in [0.25, 0.3) is 0 Å². The third-order valence-corrected chi connectivity index (χ3v) is 4.40. The minimum absolute atomic E-state index is 0.0217. The Morgan fingerprint density at radius 2 is 1.71 bits per heavy atom. The predicted molar refractivity (Wildman–Crippen MR) is 92.0 cm³/mol. The number of hydrogen-bond acceptors (Lipinski definition) is 3. The maximum absolute atomic E-state index is 13.0. The highest BCUT2D eigenvalue weighted by Gasteiger charge is 2.38. The Labute approximate surface area is 142 Å². The SMILES string of the molecule is CN(C)C(=O)CCC1C(=O)c2ccccc2OC1c1ccccc1. The van der Waals surface area contributed by atoms with E-state index in [0.717, 1.165) is 5.56 Å². The topological polar surface area (TPSA) is 46.6 Å². The second-order valence-electron chi connectivity index (χ2n) is 6.24. The van der Waals surface area contributed by atoms with E-state index in [1.165, 1.54) is 0 Å². The quantitative estimate of drug-likeness (QED) is 0.865. The van der Waals surface area contributed by atoms with Gasteiger partial charge < -0.3 is 9.64 Å². The third-order valence-electron chi connectivity index (χ3n) is 4.40. The molecule has 24 heavy (non-hydrogen) atoms. The van der Waals surface area contributed by atoms with Gasteiger partial charge >= 0.3 is 0 Å². The first-order valence-corrected chi connectivity index (χ1v) is 8.13. The number of carbonyl (C=O) groups excluding carboxylic acids is 2. The van der Waals surface area contributed by atoms with Crippen LogP contribution in [0.2, 0.25) is 0 Å². The van der Waals surface area contributed by atoms with Gasteiger partial charge in [0.2, 0.25) is 5.91 Å². The van der Waals surface area contributed by atoms with Crippen molar-refractivity contribution in [3.8, 4) is 5.75 Å². The lowest BCUT2D eigenvalue weighted by Crippen LogP contribution is -2.33. The van der Waals surface area contributed by atoms with E-state index in [9.17, 15) is 9.59 Å². The molecule has 0 aliphatic carbocycles. The molecule has 0 aromatic heterocycles. The van der Waals surface area contributed by atoms with Crippen LogP contribution in [0.4, 0.5) is 0 Å². The Bertz CT molecular complexity index is 740. The summed E-state index contributed by atoms with van der Waals surface area (Å²) in [5.74, 6) is 0.337. The van der Waals surface area contributed by atoms with Gasteiger partial charge in [-0.25, -0.2) is 0 Å². The Hall–Kier alpha value is -2.62. The van der Waals surface area contributed by atoms with Gasteiger partial charge in [0.1, 0.15) is 11.9 Å². The van der Waals surface area contributed by atoms with Crippen LogP contribution >= 0.6 is 0 Å². The van der Waals surface area contributed by atoms with Gasteiger partial charge in [-0.15, -0.1) is 0 Å². The van der Waals surface area contributed by atoms with Gasteiger partial charge in [-0.3, -0.25) is 9.59 Å². The molecular weight excluding hydrogens is 302 g/mol. The maximum Gasteiger partial charge on any atom is 0.222 e. The molecule has 0 N–H and O–H groups in total. The van der Waals surface area contributed by atoms with Crippen molar-refractivity contribution < 1.29 is 14.3 Å². The number of benzene rings is 2.